The third-order valence-corrected chi connectivity index (χ3v) is 3.71. The number of anilines is 1. The molecule has 1 unspecified atom stereocenters. The smallest absolute Gasteiger partial charge is 0.0795 e. The van der Waals surface area contributed by atoms with Crippen LogP contribution in [0.15, 0.2) is 53.6 Å². The van der Waals surface area contributed by atoms with E-state index in [1.54, 1.807) is 17.5 Å². The van der Waals surface area contributed by atoms with Gasteiger partial charge in [-0.1, -0.05) is 12.1 Å². The molecule has 0 aliphatic rings. The van der Waals surface area contributed by atoms with E-state index in [0.29, 0.717) is 0 Å². The second-order valence-corrected chi connectivity index (χ2v) is 5.40. The van der Waals surface area contributed by atoms with Crippen molar-refractivity contribution >= 4 is 17.0 Å². The standard InChI is InChI=1S/C15H16N4S/c1-12(15-10-20-11-16-15)18-14-5-2-4-13(8-14)9-19-7-3-6-17-19/h2-8,10-12,18H,9H2,1H3. The van der Waals surface area contributed by atoms with Gasteiger partial charge < -0.3 is 5.32 Å². The number of hydrogen-bond donors (Lipinski definition) is 1. The molecule has 2 aromatic heterocycles. The molecule has 3 aromatic rings. The zero-order valence-electron chi connectivity index (χ0n) is 11.2. The number of hydrogen-bond acceptors (Lipinski definition) is 4. The molecule has 0 aliphatic carbocycles. The molecule has 0 fully saturated rings. The number of benzene rings is 1. The van der Waals surface area contributed by atoms with E-state index < -0.39 is 0 Å². The minimum Gasteiger partial charge on any atom is -0.377 e. The molecular formula is C15H16N4S. The first-order valence-corrected chi connectivity index (χ1v) is 7.46. The van der Waals surface area contributed by atoms with Crippen LogP contribution in [0.1, 0.15) is 24.2 Å². The second kappa shape index (κ2) is 5.88. The SMILES string of the molecule is CC(Nc1cccc(Cn2cccn2)c1)c1cscn1. The largest absolute Gasteiger partial charge is 0.377 e. The number of rotatable bonds is 5. The Labute approximate surface area is 122 Å². The Bertz CT molecular complexity index is 646. The number of aromatic nitrogens is 3. The van der Waals surface area contributed by atoms with E-state index in [9.17, 15) is 0 Å². The van der Waals surface area contributed by atoms with Crippen LogP contribution < -0.4 is 5.32 Å². The molecule has 20 heavy (non-hydrogen) atoms. The van der Waals surface area contributed by atoms with Gasteiger partial charge in [0.15, 0.2) is 0 Å². The van der Waals surface area contributed by atoms with E-state index in [1.165, 1.54) is 5.56 Å². The maximum Gasteiger partial charge on any atom is 0.0795 e. The van der Waals surface area contributed by atoms with Gasteiger partial charge in [-0.3, -0.25) is 4.68 Å². The van der Waals surface area contributed by atoms with Crippen molar-refractivity contribution in [1.29, 1.82) is 0 Å². The lowest BCUT2D eigenvalue weighted by Crippen LogP contribution is -2.07. The van der Waals surface area contributed by atoms with Crippen LogP contribution in [0.3, 0.4) is 0 Å². The lowest BCUT2D eigenvalue weighted by Gasteiger charge is -2.14. The highest BCUT2D eigenvalue weighted by Crippen LogP contribution is 2.20. The molecule has 0 radical (unpaired) electrons. The monoisotopic (exact) mass is 284 g/mol. The number of nitrogens with one attached hydrogen (secondary N) is 1. The van der Waals surface area contributed by atoms with Crippen molar-refractivity contribution < 1.29 is 0 Å². The molecule has 5 heteroatoms. The summed E-state index contributed by atoms with van der Waals surface area (Å²) in [6.45, 7) is 2.91. The van der Waals surface area contributed by atoms with Gasteiger partial charge in [-0.05, 0) is 30.7 Å². The van der Waals surface area contributed by atoms with Crippen molar-refractivity contribution in [2.45, 2.75) is 19.5 Å². The van der Waals surface area contributed by atoms with E-state index in [2.05, 4.69) is 52.0 Å². The first-order valence-electron chi connectivity index (χ1n) is 6.52. The van der Waals surface area contributed by atoms with E-state index in [-0.39, 0.29) is 6.04 Å². The van der Waals surface area contributed by atoms with Gasteiger partial charge in [0.05, 0.1) is 23.8 Å². The van der Waals surface area contributed by atoms with Crippen molar-refractivity contribution in [3.63, 3.8) is 0 Å². The van der Waals surface area contributed by atoms with E-state index in [1.807, 2.05) is 22.5 Å². The highest BCUT2D eigenvalue weighted by atomic mass is 32.1. The fourth-order valence-corrected chi connectivity index (χ4v) is 2.75. The van der Waals surface area contributed by atoms with Gasteiger partial charge in [0.1, 0.15) is 0 Å². The van der Waals surface area contributed by atoms with Crippen molar-refractivity contribution in [3.8, 4) is 0 Å². The third kappa shape index (κ3) is 3.05. The summed E-state index contributed by atoms with van der Waals surface area (Å²) >= 11 is 1.62. The molecule has 1 atom stereocenters. The molecule has 0 aliphatic heterocycles. The molecule has 102 valence electrons. The van der Waals surface area contributed by atoms with Crippen LogP contribution in [-0.4, -0.2) is 14.8 Å². The van der Waals surface area contributed by atoms with Crippen LogP contribution in [0.5, 0.6) is 0 Å². The fraction of sp³-hybridized carbons (Fsp3) is 0.200. The van der Waals surface area contributed by atoms with Gasteiger partial charge in [-0.2, -0.15) is 5.10 Å². The summed E-state index contributed by atoms with van der Waals surface area (Å²) < 4.78 is 1.92. The molecule has 1 N–H and O–H groups in total. The lowest BCUT2D eigenvalue weighted by molar-refractivity contribution is 0.687. The summed E-state index contributed by atoms with van der Waals surface area (Å²) in [5.41, 5.74) is 5.27. The molecule has 0 saturated carbocycles. The third-order valence-electron chi connectivity index (χ3n) is 3.11. The van der Waals surface area contributed by atoms with Crippen LogP contribution in [0.2, 0.25) is 0 Å². The highest BCUT2D eigenvalue weighted by molar-refractivity contribution is 7.07. The summed E-state index contributed by atoms with van der Waals surface area (Å²) in [5.74, 6) is 0. The van der Waals surface area contributed by atoms with Crippen molar-refractivity contribution in [3.05, 3.63) is 64.9 Å². The molecule has 0 saturated heterocycles. The molecule has 0 amide bonds. The Hall–Kier alpha value is -2.14. The Kier molecular flexibility index (Phi) is 3.78. The Morgan fingerprint density at radius 1 is 1.35 bits per heavy atom. The zero-order chi connectivity index (χ0) is 13.8. The van der Waals surface area contributed by atoms with E-state index >= 15 is 0 Å². The van der Waals surface area contributed by atoms with E-state index in [0.717, 1.165) is 17.9 Å². The Morgan fingerprint density at radius 3 is 3.05 bits per heavy atom. The topological polar surface area (TPSA) is 42.7 Å². The Balaban J connectivity index is 1.71. The van der Waals surface area contributed by atoms with Crippen LogP contribution in [0, 0.1) is 0 Å². The van der Waals surface area contributed by atoms with Crippen LogP contribution in [0.4, 0.5) is 5.69 Å². The van der Waals surface area contributed by atoms with Crippen molar-refractivity contribution in [2.75, 3.05) is 5.32 Å². The molecular weight excluding hydrogens is 268 g/mol. The van der Waals surface area contributed by atoms with Crippen LogP contribution >= 0.6 is 11.3 Å². The summed E-state index contributed by atoms with van der Waals surface area (Å²) in [5, 5.41) is 9.78. The second-order valence-electron chi connectivity index (χ2n) is 4.68. The minimum absolute atomic E-state index is 0.209. The van der Waals surface area contributed by atoms with Crippen LogP contribution in [0.25, 0.3) is 0 Å². The van der Waals surface area contributed by atoms with Gasteiger partial charge >= 0.3 is 0 Å². The molecule has 1 aromatic carbocycles. The van der Waals surface area contributed by atoms with E-state index in [4.69, 9.17) is 0 Å². The number of thiazole rings is 1. The molecule has 3 rings (SSSR count). The minimum atomic E-state index is 0.209. The summed E-state index contributed by atoms with van der Waals surface area (Å²) in [6.07, 6.45) is 3.77. The fourth-order valence-electron chi connectivity index (χ4n) is 2.10. The maximum absolute atomic E-state index is 4.34. The van der Waals surface area contributed by atoms with Crippen molar-refractivity contribution in [1.82, 2.24) is 14.8 Å². The summed E-state index contributed by atoms with van der Waals surface area (Å²) in [4.78, 5) is 4.34. The normalized spacial score (nSPS) is 12.2. The van der Waals surface area contributed by atoms with Gasteiger partial charge in [-0.15, -0.1) is 11.3 Å². The summed E-state index contributed by atoms with van der Waals surface area (Å²) in [7, 11) is 0. The maximum atomic E-state index is 4.34. The lowest BCUT2D eigenvalue weighted by atomic mass is 10.1. The van der Waals surface area contributed by atoms with Crippen LogP contribution in [-0.2, 0) is 6.54 Å². The average molecular weight is 284 g/mol. The average Bonchev–Trinajstić information content (AvgIpc) is 3.12. The summed E-state index contributed by atoms with van der Waals surface area (Å²) in [6, 6.07) is 10.6. The first-order chi connectivity index (χ1) is 9.81. The van der Waals surface area contributed by atoms with Gasteiger partial charge in [0.2, 0.25) is 0 Å². The molecule has 4 nitrogen and oxygen atoms in total. The zero-order valence-corrected chi connectivity index (χ0v) is 12.0. The number of nitrogens with zero attached hydrogens (tertiary/aromatic N) is 3. The molecule has 0 bridgehead atoms. The molecule has 2 heterocycles. The quantitative estimate of drug-likeness (QED) is 0.779. The Morgan fingerprint density at radius 2 is 2.30 bits per heavy atom. The predicted octanol–water partition coefficient (Wildman–Crippen LogP) is 3.56. The van der Waals surface area contributed by atoms with Gasteiger partial charge in [0.25, 0.3) is 0 Å². The van der Waals surface area contributed by atoms with Gasteiger partial charge in [-0.25, -0.2) is 4.98 Å². The predicted molar refractivity (Wildman–Crippen MR) is 81.9 cm³/mol. The van der Waals surface area contributed by atoms with Crippen molar-refractivity contribution in [2.24, 2.45) is 0 Å². The van der Waals surface area contributed by atoms with Gasteiger partial charge in [0, 0.05) is 23.5 Å². The highest BCUT2D eigenvalue weighted by Gasteiger charge is 2.07. The molecule has 0 spiro atoms. The first kappa shape index (κ1) is 12.9.